The van der Waals surface area contributed by atoms with Crippen LogP contribution in [0.2, 0.25) is 0 Å². The van der Waals surface area contributed by atoms with Gasteiger partial charge in [-0.3, -0.25) is 14.5 Å². The summed E-state index contributed by atoms with van der Waals surface area (Å²) >= 11 is 0. The van der Waals surface area contributed by atoms with Gasteiger partial charge in [0.05, 0.1) is 12.0 Å². The molecule has 2 N–H and O–H groups in total. The van der Waals surface area contributed by atoms with Crippen molar-refractivity contribution in [3.05, 3.63) is 35.9 Å². The first-order valence-corrected chi connectivity index (χ1v) is 9.74. The summed E-state index contributed by atoms with van der Waals surface area (Å²) in [5.41, 5.74) is -0.848. The van der Waals surface area contributed by atoms with Crippen molar-refractivity contribution in [3.63, 3.8) is 0 Å². The fourth-order valence-electron chi connectivity index (χ4n) is 3.44. The SMILES string of the molecule is CC(C)(C)OC(=O)CC1(N(CC(=O)O)C(=O)OCc2ccccc2)CCNCC1. The Morgan fingerprint density at radius 2 is 1.76 bits per heavy atom. The lowest BCUT2D eigenvalue weighted by atomic mass is 9.83. The first-order chi connectivity index (χ1) is 13.6. The number of carbonyl (C=O) groups excluding carboxylic acids is 2. The van der Waals surface area contributed by atoms with Crippen LogP contribution < -0.4 is 5.32 Å². The lowest BCUT2D eigenvalue weighted by Gasteiger charge is -2.45. The molecule has 0 atom stereocenters. The highest BCUT2D eigenvalue weighted by molar-refractivity contribution is 5.79. The van der Waals surface area contributed by atoms with Crippen molar-refractivity contribution in [1.29, 1.82) is 0 Å². The molecular weight excluding hydrogens is 376 g/mol. The molecular formula is C21H30N2O6. The summed E-state index contributed by atoms with van der Waals surface area (Å²) in [7, 11) is 0. The quantitative estimate of drug-likeness (QED) is 0.671. The van der Waals surface area contributed by atoms with Crippen molar-refractivity contribution < 1.29 is 29.0 Å². The fraction of sp³-hybridized carbons (Fsp3) is 0.571. The monoisotopic (exact) mass is 406 g/mol. The number of aliphatic carboxylic acids is 1. The molecule has 0 radical (unpaired) electrons. The van der Waals surface area contributed by atoms with E-state index >= 15 is 0 Å². The van der Waals surface area contributed by atoms with Gasteiger partial charge in [0.15, 0.2) is 0 Å². The van der Waals surface area contributed by atoms with Gasteiger partial charge in [0, 0.05) is 0 Å². The van der Waals surface area contributed by atoms with Gasteiger partial charge in [0.25, 0.3) is 0 Å². The van der Waals surface area contributed by atoms with Crippen LogP contribution in [0.15, 0.2) is 30.3 Å². The number of rotatable bonds is 7. The van der Waals surface area contributed by atoms with Crippen LogP contribution in [-0.4, -0.2) is 58.8 Å². The Bertz CT molecular complexity index is 708. The minimum atomic E-state index is -1.16. The molecule has 0 spiro atoms. The number of carboxylic acid groups (broad SMARTS) is 1. The summed E-state index contributed by atoms with van der Waals surface area (Å²) in [5, 5.41) is 12.6. The predicted molar refractivity (Wildman–Crippen MR) is 106 cm³/mol. The van der Waals surface area contributed by atoms with Crippen molar-refractivity contribution in [3.8, 4) is 0 Å². The van der Waals surface area contributed by atoms with Crippen molar-refractivity contribution in [2.24, 2.45) is 0 Å². The highest BCUT2D eigenvalue weighted by Gasteiger charge is 2.45. The molecule has 0 bridgehead atoms. The Morgan fingerprint density at radius 1 is 1.14 bits per heavy atom. The molecule has 0 aromatic heterocycles. The number of ether oxygens (including phenoxy) is 2. The molecule has 2 rings (SSSR count). The van der Waals surface area contributed by atoms with Gasteiger partial charge in [-0.15, -0.1) is 0 Å². The number of benzene rings is 1. The van der Waals surface area contributed by atoms with E-state index in [2.05, 4.69) is 5.32 Å². The van der Waals surface area contributed by atoms with Gasteiger partial charge in [-0.25, -0.2) is 4.79 Å². The van der Waals surface area contributed by atoms with Crippen molar-refractivity contribution in [2.45, 2.75) is 57.8 Å². The zero-order valence-corrected chi connectivity index (χ0v) is 17.3. The molecule has 1 heterocycles. The third-order valence-electron chi connectivity index (χ3n) is 4.72. The van der Waals surface area contributed by atoms with E-state index in [4.69, 9.17) is 9.47 Å². The second kappa shape index (κ2) is 9.73. The van der Waals surface area contributed by atoms with E-state index in [0.717, 1.165) is 5.56 Å². The Balaban J connectivity index is 2.21. The minimum absolute atomic E-state index is 0.0244. The lowest BCUT2D eigenvalue weighted by molar-refractivity contribution is -0.159. The highest BCUT2D eigenvalue weighted by Crippen LogP contribution is 2.32. The maximum absolute atomic E-state index is 12.9. The van der Waals surface area contributed by atoms with Crippen LogP contribution in [0.1, 0.15) is 45.6 Å². The van der Waals surface area contributed by atoms with Gasteiger partial charge < -0.3 is 19.9 Å². The molecule has 1 aromatic carbocycles. The summed E-state index contributed by atoms with van der Waals surface area (Å²) in [6.45, 7) is 5.90. The largest absolute Gasteiger partial charge is 0.480 e. The van der Waals surface area contributed by atoms with Gasteiger partial charge >= 0.3 is 18.0 Å². The molecule has 29 heavy (non-hydrogen) atoms. The number of carboxylic acids is 1. The first kappa shape index (κ1) is 22.7. The summed E-state index contributed by atoms with van der Waals surface area (Å²) in [5.74, 6) is -1.63. The van der Waals surface area contributed by atoms with Crippen LogP contribution in [0.5, 0.6) is 0 Å². The molecule has 0 saturated carbocycles. The third-order valence-corrected chi connectivity index (χ3v) is 4.72. The van der Waals surface area contributed by atoms with Gasteiger partial charge in [0.1, 0.15) is 18.8 Å². The second-order valence-corrected chi connectivity index (χ2v) is 8.26. The smallest absolute Gasteiger partial charge is 0.411 e. The Labute approximate surface area is 171 Å². The van der Waals surface area contributed by atoms with Gasteiger partial charge in [-0.2, -0.15) is 0 Å². The maximum Gasteiger partial charge on any atom is 0.411 e. The van der Waals surface area contributed by atoms with Crippen LogP contribution in [0, 0.1) is 0 Å². The van der Waals surface area contributed by atoms with Crippen LogP contribution in [0.25, 0.3) is 0 Å². The molecule has 1 aliphatic rings. The minimum Gasteiger partial charge on any atom is -0.480 e. The van der Waals surface area contributed by atoms with Crippen molar-refractivity contribution >= 4 is 18.0 Å². The van der Waals surface area contributed by atoms with Crippen molar-refractivity contribution in [2.75, 3.05) is 19.6 Å². The standard InChI is InChI=1S/C21H30N2O6/c1-20(2,3)29-18(26)13-21(9-11-22-12-10-21)23(14-17(24)25)19(27)28-15-16-7-5-4-6-8-16/h4-8,22H,9-15H2,1-3H3,(H,24,25). The van der Waals surface area contributed by atoms with Crippen LogP contribution in [0.4, 0.5) is 4.79 Å². The Morgan fingerprint density at radius 3 is 2.31 bits per heavy atom. The number of amides is 1. The van der Waals surface area contributed by atoms with E-state index in [9.17, 15) is 19.5 Å². The normalized spacial score (nSPS) is 16.0. The summed E-state index contributed by atoms with van der Waals surface area (Å²) < 4.78 is 10.8. The highest BCUT2D eigenvalue weighted by atomic mass is 16.6. The van der Waals surface area contributed by atoms with E-state index in [1.54, 1.807) is 20.8 Å². The van der Waals surface area contributed by atoms with E-state index in [1.807, 2.05) is 30.3 Å². The van der Waals surface area contributed by atoms with Crippen LogP contribution in [-0.2, 0) is 25.7 Å². The molecule has 160 valence electrons. The Kier molecular flexibility index (Phi) is 7.61. The average Bonchev–Trinajstić information content (AvgIpc) is 2.64. The number of nitrogens with one attached hydrogen (secondary N) is 1. The molecule has 8 nitrogen and oxygen atoms in total. The lowest BCUT2D eigenvalue weighted by Crippen LogP contribution is -2.59. The number of piperidine rings is 1. The first-order valence-electron chi connectivity index (χ1n) is 9.74. The molecule has 1 aromatic rings. The van der Waals surface area contributed by atoms with Crippen LogP contribution in [0.3, 0.4) is 0 Å². The van der Waals surface area contributed by atoms with E-state index in [0.29, 0.717) is 25.9 Å². The molecule has 1 saturated heterocycles. The molecule has 1 amide bonds. The molecule has 8 heteroatoms. The number of carbonyl (C=O) groups is 3. The van der Waals surface area contributed by atoms with Crippen LogP contribution >= 0.6 is 0 Å². The molecule has 1 aliphatic heterocycles. The second-order valence-electron chi connectivity index (χ2n) is 8.26. The third kappa shape index (κ3) is 7.05. The van der Waals surface area contributed by atoms with Crippen molar-refractivity contribution in [1.82, 2.24) is 10.2 Å². The number of nitrogens with zero attached hydrogens (tertiary/aromatic N) is 1. The predicted octanol–water partition coefficient (Wildman–Crippen LogP) is 2.56. The summed E-state index contributed by atoms with van der Waals surface area (Å²) in [6, 6.07) is 9.14. The molecule has 0 aliphatic carbocycles. The van der Waals surface area contributed by atoms with Gasteiger partial charge in [0.2, 0.25) is 0 Å². The van der Waals surface area contributed by atoms with E-state index in [1.165, 1.54) is 4.90 Å². The summed E-state index contributed by atoms with van der Waals surface area (Å²) in [6.07, 6.45) is 0.0290. The molecule has 1 fully saturated rings. The number of esters is 1. The van der Waals surface area contributed by atoms with Gasteiger partial charge in [-0.1, -0.05) is 30.3 Å². The zero-order valence-electron chi connectivity index (χ0n) is 17.3. The Hall–Kier alpha value is -2.61. The number of hydrogen-bond acceptors (Lipinski definition) is 6. The summed E-state index contributed by atoms with van der Waals surface area (Å²) in [4.78, 5) is 38.1. The zero-order chi connectivity index (χ0) is 21.5. The maximum atomic E-state index is 12.9. The average molecular weight is 406 g/mol. The van der Waals surface area contributed by atoms with E-state index in [-0.39, 0.29) is 13.0 Å². The topological polar surface area (TPSA) is 105 Å². The molecule has 0 unspecified atom stereocenters. The van der Waals surface area contributed by atoms with E-state index < -0.39 is 35.7 Å². The van der Waals surface area contributed by atoms with Gasteiger partial charge in [-0.05, 0) is 52.3 Å². The fourth-order valence-corrected chi connectivity index (χ4v) is 3.44. The number of hydrogen-bond donors (Lipinski definition) is 2.